The molecule has 1 aromatic carbocycles. The highest BCUT2D eigenvalue weighted by Crippen LogP contribution is 2.29. The zero-order chi connectivity index (χ0) is 17.1. The molecule has 0 spiro atoms. The van der Waals surface area contributed by atoms with E-state index in [2.05, 4.69) is 22.1 Å². The molecule has 0 aliphatic carbocycles. The number of fused-ring (bicyclic) bond motifs is 1. The summed E-state index contributed by atoms with van der Waals surface area (Å²) in [6.45, 7) is 2.53. The van der Waals surface area contributed by atoms with Crippen LogP contribution in [-0.2, 0) is 6.42 Å². The number of pyridine rings is 1. The first-order valence-electron chi connectivity index (χ1n) is 8.22. The predicted molar refractivity (Wildman–Crippen MR) is 101 cm³/mol. The van der Waals surface area contributed by atoms with Gasteiger partial charge in [0, 0.05) is 12.1 Å². The van der Waals surface area contributed by atoms with Gasteiger partial charge in [-0.3, -0.25) is 0 Å². The molecule has 0 saturated heterocycles. The van der Waals surface area contributed by atoms with Gasteiger partial charge in [-0.25, -0.2) is 9.97 Å². The van der Waals surface area contributed by atoms with Gasteiger partial charge in [0.2, 0.25) is 5.88 Å². The summed E-state index contributed by atoms with van der Waals surface area (Å²) in [5.74, 6) is 1.23. The Morgan fingerprint density at radius 1 is 0.920 bits per heavy atom. The van der Waals surface area contributed by atoms with E-state index in [1.807, 2.05) is 54.8 Å². The Labute approximate surface area is 150 Å². The lowest BCUT2D eigenvalue weighted by Crippen LogP contribution is -2.00. The summed E-state index contributed by atoms with van der Waals surface area (Å²) in [5, 5.41) is 2.96. The van der Waals surface area contributed by atoms with Gasteiger partial charge < -0.3 is 4.74 Å². The van der Waals surface area contributed by atoms with Crippen LogP contribution in [0.25, 0.3) is 21.7 Å². The second kappa shape index (κ2) is 6.99. The van der Waals surface area contributed by atoms with E-state index >= 15 is 0 Å². The van der Waals surface area contributed by atoms with Crippen molar-refractivity contribution in [2.45, 2.75) is 13.3 Å². The first-order chi connectivity index (χ1) is 12.3. The monoisotopic (exact) mass is 347 g/mol. The fourth-order valence-electron chi connectivity index (χ4n) is 2.70. The summed E-state index contributed by atoms with van der Waals surface area (Å²) in [4.78, 5) is 14.9. The molecule has 4 aromatic rings. The Morgan fingerprint density at radius 3 is 2.64 bits per heavy atom. The fraction of sp³-hybridized carbons (Fsp3) is 0.150. The Kier molecular flexibility index (Phi) is 4.39. The van der Waals surface area contributed by atoms with Crippen LogP contribution in [0.2, 0.25) is 0 Å². The lowest BCUT2D eigenvalue weighted by Gasteiger charge is -2.07. The van der Waals surface area contributed by atoms with E-state index in [1.54, 1.807) is 11.3 Å². The van der Waals surface area contributed by atoms with E-state index in [-0.39, 0.29) is 0 Å². The maximum atomic E-state index is 5.69. The molecule has 3 heterocycles. The second-order valence-electron chi connectivity index (χ2n) is 5.60. The van der Waals surface area contributed by atoms with Gasteiger partial charge in [0.15, 0.2) is 5.82 Å². The summed E-state index contributed by atoms with van der Waals surface area (Å²) in [5.41, 5.74) is 3.00. The third kappa shape index (κ3) is 3.37. The second-order valence-corrected chi connectivity index (χ2v) is 6.50. The summed E-state index contributed by atoms with van der Waals surface area (Å²) < 4.78 is 5.69. The Morgan fingerprint density at radius 2 is 1.80 bits per heavy atom. The van der Waals surface area contributed by atoms with E-state index < -0.39 is 0 Å². The van der Waals surface area contributed by atoms with Crippen LogP contribution in [0.4, 0.5) is 0 Å². The van der Waals surface area contributed by atoms with Crippen molar-refractivity contribution in [3.63, 3.8) is 0 Å². The zero-order valence-electron chi connectivity index (χ0n) is 13.8. The number of nitrogens with zero attached hydrogens (tertiary/aromatic N) is 3. The molecule has 0 N–H and O–H groups in total. The standard InChI is InChI=1S/C20H17N3OS/c1-2-24-19-16-11-12-25-20(16)23-18(22-19)17-10-6-9-15(21-17)13-14-7-4-3-5-8-14/h3-12H,2,13H2,1H3. The molecule has 0 atom stereocenters. The molecule has 0 radical (unpaired) electrons. The number of hydrogen-bond acceptors (Lipinski definition) is 5. The summed E-state index contributed by atoms with van der Waals surface area (Å²) >= 11 is 1.58. The third-order valence-corrected chi connectivity index (χ3v) is 4.64. The number of aromatic nitrogens is 3. The number of rotatable bonds is 5. The van der Waals surface area contributed by atoms with E-state index in [9.17, 15) is 0 Å². The predicted octanol–water partition coefficient (Wildman–Crippen LogP) is 4.74. The summed E-state index contributed by atoms with van der Waals surface area (Å²) in [7, 11) is 0. The highest BCUT2D eigenvalue weighted by molar-refractivity contribution is 7.16. The topological polar surface area (TPSA) is 47.9 Å². The van der Waals surface area contributed by atoms with E-state index in [0.29, 0.717) is 18.3 Å². The van der Waals surface area contributed by atoms with E-state index in [1.165, 1.54) is 5.56 Å². The van der Waals surface area contributed by atoms with Gasteiger partial charge in [-0.05, 0) is 36.1 Å². The van der Waals surface area contributed by atoms with Crippen molar-refractivity contribution in [2.24, 2.45) is 0 Å². The van der Waals surface area contributed by atoms with Crippen molar-refractivity contribution < 1.29 is 4.74 Å². The van der Waals surface area contributed by atoms with Crippen LogP contribution in [0, 0.1) is 0 Å². The molecular weight excluding hydrogens is 330 g/mol. The maximum absolute atomic E-state index is 5.69. The van der Waals surface area contributed by atoms with Crippen molar-refractivity contribution in [2.75, 3.05) is 6.61 Å². The molecule has 5 heteroatoms. The lowest BCUT2D eigenvalue weighted by atomic mass is 10.1. The van der Waals surface area contributed by atoms with Crippen molar-refractivity contribution >= 4 is 21.6 Å². The molecule has 0 aliphatic rings. The van der Waals surface area contributed by atoms with Crippen molar-refractivity contribution in [3.8, 4) is 17.4 Å². The van der Waals surface area contributed by atoms with E-state index in [0.717, 1.165) is 28.0 Å². The van der Waals surface area contributed by atoms with Crippen LogP contribution in [0.15, 0.2) is 60.0 Å². The smallest absolute Gasteiger partial charge is 0.225 e. The molecule has 0 amide bonds. The molecule has 0 unspecified atom stereocenters. The fourth-order valence-corrected chi connectivity index (χ4v) is 3.45. The van der Waals surface area contributed by atoms with Crippen LogP contribution >= 0.6 is 11.3 Å². The SMILES string of the molecule is CCOc1nc(-c2cccc(Cc3ccccc3)n2)nc2sccc12. The van der Waals surface area contributed by atoms with Crippen LogP contribution in [0.3, 0.4) is 0 Å². The van der Waals surface area contributed by atoms with Crippen LogP contribution in [-0.4, -0.2) is 21.6 Å². The van der Waals surface area contributed by atoms with Gasteiger partial charge in [-0.15, -0.1) is 11.3 Å². The molecule has 0 bridgehead atoms. The first kappa shape index (κ1) is 15.7. The molecule has 124 valence electrons. The van der Waals surface area contributed by atoms with Crippen LogP contribution in [0.5, 0.6) is 5.88 Å². The van der Waals surface area contributed by atoms with Crippen molar-refractivity contribution in [3.05, 3.63) is 71.2 Å². The number of ether oxygens (including phenoxy) is 1. The third-order valence-electron chi connectivity index (χ3n) is 3.84. The minimum absolute atomic E-state index is 0.572. The average molecular weight is 347 g/mol. The first-order valence-corrected chi connectivity index (χ1v) is 9.09. The minimum atomic E-state index is 0.572. The lowest BCUT2D eigenvalue weighted by molar-refractivity contribution is 0.331. The summed E-state index contributed by atoms with van der Waals surface area (Å²) in [6.07, 6.45) is 0.786. The van der Waals surface area contributed by atoms with Gasteiger partial charge in [-0.1, -0.05) is 36.4 Å². The van der Waals surface area contributed by atoms with Gasteiger partial charge in [0.25, 0.3) is 0 Å². The van der Waals surface area contributed by atoms with Gasteiger partial charge in [0.05, 0.1) is 12.0 Å². The molecule has 25 heavy (non-hydrogen) atoms. The zero-order valence-corrected chi connectivity index (χ0v) is 14.7. The van der Waals surface area contributed by atoms with Crippen LogP contribution < -0.4 is 4.74 Å². The highest BCUT2D eigenvalue weighted by Gasteiger charge is 2.12. The molecule has 3 aromatic heterocycles. The van der Waals surface area contributed by atoms with E-state index in [4.69, 9.17) is 9.72 Å². The van der Waals surface area contributed by atoms with Crippen molar-refractivity contribution in [1.29, 1.82) is 0 Å². The quantitative estimate of drug-likeness (QED) is 0.523. The average Bonchev–Trinajstić information content (AvgIpc) is 3.12. The molecule has 0 aliphatic heterocycles. The maximum Gasteiger partial charge on any atom is 0.225 e. The van der Waals surface area contributed by atoms with Gasteiger partial charge in [-0.2, -0.15) is 4.98 Å². The van der Waals surface area contributed by atoms with Gasteiger partial charge >= 0.3 is 0 Å². The minimum Gasteiger partial charge on any atom is -0.477 e. The normalized spacial score (nSPS) is 10.9. The molecule has 4 rings (SSSR count). The molecule has 0 fully saturated rings. The molecule has 0 saturated carbocycles. The Balaban J connectivity index is 1.72. The highest BCUT2D eigenvalue weighted by atomic mass is 32.1. The Bertz CT molecular complexity index is 998. The summed E-state index contributed by atoms with van der Waals surface area (Å²) in [6, 6.07) is 18.3. The van der Waals surface area contributed by atoms with Gasteiger partial charge in [0.1, 0.15) is 10.5 Å². The number of thiophene rings is 1. The Hall–Kier alpha value is -2.79. The van der Waals surface area contributed by atoms with Crippen molar-refractivity contribution in [1.82, 2.24) is 15.0 Å². The number of hydrogen-bond donors (Lipinski definition) is 0. The number of benzene rings is 1. The molecular formula is C20H17N3OS. The molecule has 4 nitrogen and oxygen atoms in total. The van der Waals surface area contributed by atoms with Crippen LogP contribution in [0.1, 0.15) is 18.2 Å². The largest absolute Gasteiger partial charge is 0.477 e.